The van der Waals surface area contributed by atoms with Crippen LogP contribution < -0.4 is 5.32 Å². The van der Waals surface area contributed by atoms with Gasteiger partial charge in [0.25, 0.3) is 5.91 Å². The van der Waals surface area contributed by atoms with Crippen LogP contribution in [0.2, 0.25) is 0 Å². The highest BCUT2D eigenvalue weighted by Crippen LogP contribution is 2.20. The van der Waals surface area contributed by atoms with Gasteiger partial charge in [0.05, 0.1) is 18.0 Å². The van der Waals surface area contributed by atoms with Crippen molar-refractivity contribution in [2.24, 2.45) is 7.05 Å². The van der Waals surface area contributed by atoms with Crippen molar-refractivity contribution >= 4 is 15.9 Å². The predicted molar refractivity (Wildman–Crippen MR) is 81.2 cm³/mol. The third-order valence-electron chi connectivity index (χ3n) is 3.89. The minimum absolute atomic E-state index is 0.0438. The molecule has 8 nitrogen and oxygen atoms in total. The molecule has 0 aliphatic carbocycles. The number of furan rings is 1. The summed E-state index contributed by atoms with van der Waals surface area (Å²) in [5.74, 6) is -0.202. The summed E-state index contributed by atoms with van der Waals surface area (Å²) in [6.07, 6.45) is 6.81. The third-order valence-corrected chi connectivity index (χ3v) is 5.74. The first-order chi connectivity index (χ1) is 11.0. The molecule has 0 saturated carbocycles. The smallest absolute Gasteiger partial charge is 0.254 e. The van der Waals surface area contributed by atoms with Gasteiger partial charge in [-0.05, 0) is 18.9 Å². The van der Waals surface area contributed by atoms with Gasteiger partial charge in [0, 0.05) is 32.4 Å². The number of piperidine rings is 1. The Balaban J connectivity index is 1.59. The Bertz CT molecular complexity index is 774. The molecule has 3 rings (SSSR count). The van der Waals surface area contributed by atoms with E-state index < -0.39 is 10.0 Å². The standard InChI is InChI=1S/C14H18N4O4S/c1-17-9-13(8-15-17)23(20,21)18-5-2-12(3-6-18)16-14(19)11-4-7-22-10-11/h4,7-10,12H,2-3,5-6H2,1H3,(H,16,19). The van der Waals surface area contributed by atoms with Gasteiger partial charge in [0.1, 0.15) is 11.2 Å². The minimum atomic E-state index is -3.51. The van der Waals surface area contributed by atoms with Crippen molar-refractivity contribution in [1.82, 2.24) is 19.4 Å². The number of hydrogen-bond acceptors (Lipinski definition) is 5. The van der Waals surface area contributed by atoms with Crippen molar-refractivity contribution in [1.29, 1.82) is 0 Å². The summed E-state index contributed by atoms with van der Waals surface area (Å²) in [4.78, 5) is 12.2. The lowest BCUT2D eigenvalue weighted by Crippen LogP contribution is -2.46. The second kappa shape index (κ2) is 6.17. The van der Waals surface area contributed by atoms with Gasteiger partial charge in [-0.15, -0.1) is 0 Å². The zero-order chi connectivity index (χ0) is 16.4. The summed E-state index contributed by atoms with van der Waals surface area (Å²) in [5, 5.41) is 6.81. The van der Waals surface area contributed by atoms with Gasteiger partial charge < -0.3 is 9.73 Å². The predicted octanol–water partition coefficient (Wildman–Crippen LogP) is 0.596. The van der Waals surface area contributed by atoms with Gasteiger partial charge in [-0.25, -0.2) is 8.42 Å². The summed E-state index contributed by atoms with van der Waals surface area (Å²) in [6, 6.07) is 1.55. The Morgan fingerprint density at radius 2 is 2.13 bits per heavy atom. The Morgan fingerprint density at radius 3 is 2.70 bits per heavy atom. The molecule has 9 heteroatoms. The van der Waals surface area contributed by atoms with Gasteiger partial charge in [-0.1, -0.05) is 0 Å². The fourth-order valence-electron chi connectivity index (χ4n) is 2.58. The number of amides is 1. The highest BCUT2D eigenvalue weighted by molar-refractivity contribution is 7.89. The first-order valence-electron chi connectivity index (χ1n) is 7.28. The molecule has 2 aromatic heterocycles. The lowest BCUT2D eigenvalue weighted by atomic mass is 10.1. The van der Waals surface area contributed by atoms with Crippen LogP contribution in [0.1, 0.15) is 23.2 Å². The number of nitrogens with zero attached hydrogens (tertiary/aromatic N) is 3. The molecule has 0 atom stereocenters. The summed E-state index contributed by atoms with van der Waals surface area (Å²) in [7, 11) is -1.84. The highest BCUT2D eigenvalue weighted by Gasteiger charge is 2.30. The maximum Gasteiger partial charge on any atom is 0.254 e. The van der Waals surface area contributed by atoms with E-state index in [0.717, 1.165) is 0 Å². The largest absolute Gasteiger partial charge is 0.472 e. The number of aromatic nitrogens is 2. The molecule has 1 N–H and O–H groups in total. The van der Waals surface area contributed by atoms with Crippen molar-refractivity contribution in [2.45, 2.75) is 23.8 Å². The van der Waals surface area contributed by atoms with E-state index in [-0.39, 0.29) is 16.8 Å². The topological polar surface area (TPSA) is 97.4 Å². The van der Waals surface area contributed by atoms with Crippen molar-refractivity contribution in [3.05, 3.63) is 36.5 Å². The van der Waals surface area contributed by atoms with E-state index in [1.807, 2.05) is 0 Å². The van der Waals surface area contributed by atoms with Gasteiger partial charge >= 0.3 is 0 Å². The van der Waals surface area contributed by atoms with Crippen molar-refractivity contribution in [2.75, 3.05) is 13.1 Å². The molecule has 124 valence electrons. The molecular weight excluding hydrogens is 320 g/mol. The zero-order valence-corrected chi connectivity index (χ0v) is 13.5. The zero-order valence-electron chi connectivity index (χ0n) is 12.7. The fraction of sp³-hybridized carbons (Fsp3) is 0.429. The number of nitrogens with one attached hydrogen (secondary N) is 1. The van der Waals surface area contributed by atoms with Crippen LogP contribution >= 0.6 is 0 Å². The summed E-state index contributed by atoms with van der Waals surface area (Å²) in [5.41, 5.74) is 0.468. The molecular formula is C14H18N4O4S. The van der Waals surface area contributed by atoms with E-state index in [4.69, 9.17) is 4.42 Å². The minimum Gasteiger partial charge on any atom is -0.472 e. The number of rotatable bonds is 4. The molecule has 2 aromatic rings. The van der Waals surface area contributed by atoms with E-state index in [2.05, 4.69) is 10.4 Å². The Labute approximate surface area is 134 Å². The van der Waals surface area contributed by atoms with Gasteiger partial charge in [0.2, 0.25) is 10.0 Å². The highest BCUT2D eigenvalue weighted by atomic mass is 32.2. The molecule has 1 saturated heterocycles. The van der Waals surface area contributed by atoms with Crippen LogP contribution in [-0.2, 0) is 17.1 Å². The van der Waals surface area contributed by atoms with Crippen molar-refractivity contribution < 1.29 is 17.6 Å². The average Bonchev–Trinajstić information content (AvgIpc) is 3.19. The van der Waals surface area contributed by atoms with E-state index in [1.54, 1.807) is 13.1 Å². The molecule has 0 radical (unpaired) electrons. The van der Waals surface area contributed by atoms with E-state index in [0.29, 0.717) is 31.5 Å². The van der Waals surface area contributed by atoms with Crippen LogP contribution in [0.4, 0.5) is 0 Å². The van der Waals surface area contributed by atoms with E-state index >= 15 is 0 Å². The summed E-state index contributed by atoms with van der Waals surface area (Å²) < 4.78 is 32.8. The van der Waals surface area contributed by atoms with Gasteiger partial charge in [0.15, 0.2) is 0 Å². The normalized spacial score (nSPS) is 17.3. The van der Waals surface area contributed by atoms with E-state index in [9.17, 15) is 13.2 Å². The van der Waals surface area contributed by atoms with Crippen molar-refractivity contribution in [3.63, 3.8) is 0 Å². The second-order valence-electron chi connectivity index (χ2n) is 5.51. The van der Waals surface area contributed by atoms with Crippen LogP contribution in [0.15, 0.2) is 40.3 Å². The first-order valence-corrected chi connectivity index (χ1v) is 8.72. The maximum absolute atomic E-state index is 12.5. The van der Waals surface area contributed by atoms with Crippen LogP contribution in [0, 0.1) is 0 Å². The summed E-state index contributed by atoms with van der Waals surface area (Å²) in [6.45, 7) is 0.737. The van der Waals surface area contributed by atoms with Crippen LogP contribution in [0.25, 0.3) is 0 Å². The fourth-order valence-corrected chi connectivity index (χ4v) is 4.04. The first kappa shape index (κ1) is 15.8. The number of sulfonamides is 1. The van der Waals surface area contributed by atoms with Crippen LogP contribution in [-0.4, -0.2) is 47.5 Å². The molecule has 0 bridgehead atoms. The average molecular weight is 338 g/mol. The van der Waals surface area contributed by atoms with E-state index in [1.165, 1.54) is 33.9 Å². The Hall–Kier alpha value is -2.13. The van der Waals surface area contributed by atoms with Crippen molar-refractivity contribution in [3.8, 4) is 0 Å². The van der Waals surface area contributed by atoms with Crippen LogP contribution in [0.3, 0.4) is 0 Å². The quantitative estimate of drug-likeness (QED) is 0.880. The molecule has 0 aromatic carbocycles. The number of carbonyl (C=O) groups excluding carboxylic acids is 1. The molecule has 0 unspecified atom stereocenters. The summed E-state index contributed by atoms with van der Waals surface area (Å²) >= 11 is 0. The molecule has 3 heterocycles. The number of aryl methyl sites for hydroxylation is 1. The second-order valence-corrected chi connectivity index (χ2v) is 7.45. The Kier molecular flexibility index (Phi) is 4.22. The lowest BCUT2D eigenvalue weighted by molar-refractivity contribution is 0.0923. The molecule has 1 aliphatic heterocycles. The number of hydrogen-bond donors (Lipinski definition) is 1. The Morgan fingerprint density at radius 1 is 1.39 bits per heavy atom. The SMILES string of the molecule is Cn1cc(S(=O)(=O)N2CCC(NC(=O)c3ccoc3)CC2)cn1. The van der Waals surface area contributed by atoms with Gasteiger partial charge in [-0.2, -0.15) is 9.40 Å². The van der Waals surface area contributed by atoms with Gasteiger partial charge in [-0.3, -0.25) is 9.48 Å². The molecule has 23 heavy (non-hydrogen) atoms. The molecule has 1 fully saturated rings. The van der Waals surface area contributed by atoms with Crippen LogP contribution in [0.5, 0.6) is 0 Å². The molecule has 1 aliphatic rings. The maximum atomic E-state index is 12.5. The molecule has 0 spiro atoms. The lowest BCUT2D eigenvalue weighted by Gasteiger charge is -2.31. The molecule has 1 amide bonds. The third kappa shape index (κ3) is 3.30. The number of carbonyl (C=O) groups is 1. The monoisotopic (exact) mass is 338 g/mol.